The van der Waals surface area contributed by atoms with Gasteiger partial charge in [0.1, 0.15) is 17.8 Å². The van der Waals surface area contributed by atoms with Crippen molar-refractivity contribution in [3.05, 3.63) is 41.7 Å². The molecule has 1 aromatic carbocycles. The number of hydrogen-bond acceptors (Lipinski definition) is 4. The molecule has 1 saturated carbocycles. The molecule has 1 aromatic rings. The molecule has 3 fully saturated rings. The van der Waals surface area contributed by atoms with E-state index in [-0.39, 0.29) is 35.1 Å². The average molecular weight is 430 g/mol. The Morgan fingerprint density at radius 1 is 1.26 bits per heavy atom. The minimum atomic E-state index is -0.538. The van der Waals surface area contributed by atoms with Crippen LogP contribution in [0, 0.1) is 29.0 Å². The van der Waals surface area contributed by atoms with E-state index in [4.69, 9.17) is 4.74 Å². The molecule has 0 bridgehead atoms. The highest BCUT2D eigenvalue weighted by atomic mass is 19.1. The molecule has 0 unspecified atom stereocenters. The molecule has 5 rings (SSSR count). The highest BCUT2D eigenvalue weighted by molar-refractivity contribution is 5.76. The Morgan fingerprint density at radius 2 is 1.97 bits per heavy atom. The second kappa shape index (κ2) is 7.89. The van der Waals surface area contributed by atoms with E-state index in [1.54, 1.807) is 0 Å². The van der Waals surface area contributed by atoms with Crippen molar-refractivity contribution >= 4 is 11.7 Å². The third kappa shape index (κ3) is 3.48. The third-order valence-corrected chi connectivity index (χ3v) is 8.74. The number of rotatable bonds is 3. The van der Waals surface area contributed by atoms with Gasteiger partial charge in [-0.05, 0) is 43.0 Å². The van der Waals surface area contributed by atoms with E-state index >= 15 is 0 Å². The van der Waals surface area contributed by atoms with Crippen molar-refractivity contribution in [2.75, 3.05) is 37.6 Å². The summed E-state index contributed by atoms with van der Waals surface area (Å²) in [6, 6.07) is 6.66. The van der Waals surface area contributed by atoms with E-state index in [1.807, 2.05) is 12.1 Å². The van der Waals surface area contributed by atoms with Gasteiger partial charge in [-0.25, -0.2) is 4.39 Å². The van der Waals surface area contributed by atoms with E-state index in [0.29, 0.717) is 5.92 Å². The number of carbonyl (C=O) groups is 1. The number of benzene rings is 1. The number of aliphatic hydroxyl groups is 1. The predicted octanol–water partition coefficient (Wildman–Crippen LogP) is 1.82. The van der Waals surface area contributed by atoms with Crippen LogP contribution in [0.5, 0.6) is 0 Å². The maximum atomic E-state index is 13.2. The highest BCUT2D eigenvalue weighted by Gasteiger charge is 2.60. The Kier molecular flexibility index (Phi) is 5.33. The van der Waals surface area contributed by atoms with Crippen LogP contribution in [0.2, 0.25) is 0 Å². The lowest BCUT2D eigenvalue weighted by atomic mass is 9.55. The summed E-state index contributed by atoms with van der Waals surface area (Å²) in [6.07, 6.45) is 4.47. The smallest absolute Gasteiger partial charge is 0.315 e. The molecule has 2 aliphatic heterocycles. The van der Waals surface area contributed by atoms with Crippen molar-refractivity contribution in [1.29, 1.82) is 0 Å². The molecule has 4 aliphatic rings. The van der Waals surface area contributed by atoms with E-state index in [2.05, 4.69) is 24.8 Å². The van der Waals surface area contributed by atoms with Crippen molar-refractivity contribution in [3.8, 4) is 0 Å². The lowest BCUT2D eigenvalue weighted by Crippen LogP contribution is -3.15. The second-order valence-corrected chi connectivity index (χ2v) is 10.2. The molecule has 0 aromatic heterocycles. The number of nitrogens with zero attached hydrogens (tertiary/aromatic N) is 1. The number of ether oxygens (including phenoxy) is 1. The van der Waals surface area contributed by atoms with Crippen LogP contribution in [0.3, 0.4) is 0 Å². The van der Waals surface area contributed by atoms with E-state index < -0.39 is 6.10 Å². The Morgan fingerprint density at radius 3 is 2.68 bits per heavy atom. The fraction of sp³-hybridized carbons (Fsp3) is 0.640. The average Bonchev–Trinajstić information content (AvgIpc) is 3.07. The van der Waals surface area contributed by atoms with E-state index in [9.17, 15) is 14.3 Å². The monoisotopic (exact) mass is 429 g/mol. The SMILES string of the molecule is C[C@@H]1CCC=C2C[C@H]3OC(=O)[C@H](C[NH+]4CCN(c5ccc(F)cc5)CC4)[C@H]3[C@@H](O)[C@@]21C. The van der Waals surface area contributed by atoms with Gasteiger partial charge >= 0.3 is 5.97 Å². The number of halogens is 1. The minimum Gasteiger partial charge on any atom is -0.461 e. The molecule has 2 saturated heterocycles. The molecule has 5 nitrogen and oxygen atoms in total. The number of piperazine rings is 1. The molecule has 6 heteroatoms. The summed E-state index contributed by atoms with van der Waals surface area (Å²) in [5, 5.41) is 11.5. The summed E-state index contributed by atoms with van der Waals surface area (Å²) >= 11 is 0. The first-order valence-electron chi connectivity index (χ1n) is 11.8. The van der Waals surface area contributed by atoms with Gasteiger partial charge in [0.05, 0.1) is 38.8 Å². The van der Waals surface area contributed by atoms with Crippen LogP contribution in [0.4, 0.5) is 10.1 Å². The van der Waals surface area contributed by atoms with E-state index in [1.165, 1.54) is 22.6 Å². The second-order valence-electron chi connectivity index (χ2n) is 10.2. The topological polar surface area (TPSA) is 54.2 Å². The molecule has 0 amide bonds. The van der Waals surface area contributed by atoms with Crippen LogP contribution in [-0.4, -0.2) is 56.0 Å². The van der Waals surface area contributed by atoms with Crippen LogP contribution >= 0.6 is 0 Å². The zero-order chi connectivity index (χ0) is 21.8. The van der Waals surface area contributed by atoms with Crippen molar-refractivity contribution in [1.82, 2.24) is 0 Å². The van der Waals surface area contributed by atoms with Crippen LogP contribution in [0.25, 0.3) is 0 Å². The Balaban J connectivity index is 1.27. The van der Waals surface area contributed by atoms with Crippen molar-refractivity contribution in [3.63, 3.8) is 0 Å². The number of fused-ring (bicyclic) bond motifs is 2. The van der Waals surface area contributed by atoms with Crippen LogP contribution in [0.15, 0.2) is 35.9 Å². The summed E-state index contributed by atoms with van der Waals surface area (Å²) in [5.74, 6) is -0.283. The summed E-state index contributed by atoms with van der Waals surface area (Å²) in [7, 11) is 0. The molecule has 0 radical (unpaired) electrons. The minimum absolute atomic E-state index is 0.113. The molecular weight excluding hydrogens is 395 g/mol. The quantitative estimate of drug-likeness (QED) is 0.569. The van der Waals surface area contributed by atoms with Gasteiger partial charge in [-0.2, -0.15) is 0 Å². The fourth-order valence-corrected chi connectivity index (χ4v) is 6.55. The van der Waals surface area contributed by atoms with Gasteiger partial charge in [0.15, 0.2) is 0 Å². The first-order valence-corrected chi connectivity index (χ1v) is 11.8. The molecule has 31 heavy (non-hydrogen) atoms. The largest absolute Gasteiger partial charge is 0.461 e. The highest BCUT2D eigenvalue weighted by Crippen LogP contribution is 2.55. The first kappa shape index (κ1) is 21.0. The fourth-order valence-electron chi connectivity index (χ4n) is 6.55. The normalized spacial score (nSPS) is 38.3. The van der Waals surface area contributed by atoms with Gasteiger partial charge in [0, 0.05) is 23.4 Å². The Hall–Kier alpha value is -1.92. The first-order chi connectivity index (χ1) is 14.9. The molecule has 2 N–H and O–H groups in total. The number of nitrogens with one attached hydrogen (secondary N) is 1. The molecular formula is C25H34FN2O3+. The van der Waals surface area contributed by atoms with Gasteiger partial charge in [0.25, 0.3) is 0 Å². The number of esters is 1. The number of anilines is 1. The van der Waals surface area contributed by atoms with Crippen molar-refractivity contribution in [2.24, 2.45) is 23.2 Å². The summed E-state index contributed by atoms with van der Waals surface area (Å²) < 4.78 is 19.0. The maximum Gasteiger partial charge on any atom is 0.315 e. The van der Waals surface area contributed by atoms with Gasteiger partial charge in [0.2, 0.25) is 0 Å². The zero-order valence-electron chi connectivity index (χ0n) is 18.5. The Labute approximate surface area is 183 Å². The molecule has 2 heterocycles. The predicted molar refractivity (Wildman–Crippen MR) is 116 cm³/mol. The van der Waals surface area contributed by atoms with Crippen molar-refractivity contribution < 1.29 is 23.9 Å². The van der Waals surface area contributed by atoms with Crippen LogP contribution in [-0.2, 0) is 9.53 Å². The third-order valence-electron chi connectivity index (χ3n) is 8.74. The van der Waals surface area contributed by atoms with Gasteiger partial charge < -0.3 is 19.6 Å². The van der Waals surface area contributed by atoms with Gasteiger partial charge in [-0.15, -0.1) is 0 Å². The van der Waals surface area contributed by atoms with Crippen molar-refractivity contribution in [2.45, 2.75) is 45.3 Å². The number of aliphatic hydroxyl groups excluding tert-OH is 1. The standard InChI is InChI=1S/C25H33FN2O3/c1-16-4-3-5-17-14-21-22(23(29)25(16,17)2)20(24(30)31-21)15-27-10-12-28(13-11-27)19-8-6-18(26)7-9-19/h5-9,16,20-23,29H,3-4,10-15H2,1-2H3/p+1/t16-,20-,21-,22-,23-,25-/m1/s1. The molecule has 2 aliphatic carbocycles. The zero-order valence-corrected chi connectivity index (χ0v) is 18.5. The van der Waals surface area contributed by atoms with Crippen LogP contribution in [0.1, 0.15) is 33.1 Å². The molecule has 0 spiro atoms. The number of allylic oxidation sites excluding steroid dienone is 1. The number of hydrogen-bond donors (Lipinski definition) is 2. The number of quaternary nitrogens is 1. The Bertz CT molecular complexity index is 864. The maximum absolute atomic E-state index is 13.2. The number of carbonyl (C=O) groups excluding carboxylic acids is 1. The molecule has 168 valence electrons. The summed E-state index contributed by atoms with van der Waals surface area (Å²) in [6.45, 7) is 8.75. The summed E-state index contributed by atoms with van der Waals surface area (Å²) in [4.78, 5) is 16.5. The summed E-state index contributed by atoms with van der Waals surface area (Å²) in [5.41, 5.74) is 2.08. The van der Waals surface area contributed by atoms with Gasteiger partial charge in [-0.1, -0.05) is 25.5 Å². The lowest BCUT2D eigenvalue weighted by Gasteiger charge is -2.51. The molecule has 6 atom stereocenters. The van der Waals surface area contributed by atoms with Crippen LogP contribution < -0.4 is 9.80 Å². The lowest BCUT2D eigenvalue weighted by molar-refractivity contribution is -0.903. The van der Waals surface area contributed by atoms with E-state index in [0.717, 1.165) is 57.7 Å². The van der Waals surface area contributed by atoms with Gasteiger partial charge in [-0.3, -0.25) is 4.79 Å².